The summed E-state index contributed by atoms with van der Waals surface area (Å²) in [5, 5.41) is 0.958. The van der Waals surface area contributed by atoms with E-state index < -0.39 is 6.10 Å². The summed E-state index contributed by atoms with van der Waals surface area (Å²) in [6.07, 6.45) is -0.761. The number of hydrogen-bond acceptors (Lipinski definition) is 3. The maximum atomic E-state index is 12.7. The van der Waals surface area contributed by atoms with Gasteiger partial charge in [0, 0.05) is 5.02 Å². The second-order valence-corrected chi connectivity index (χ2v) is 7.61. The smallest absolute Gasteiger partial charge is 0.411 e. The molecule has 0 aromatic heterocycles. The number of benzene rings is 3. The molecule has 1 saturated heterocycles. The second kappa shape index (κ2) is 8.76. The number of amides is 1. The Kier molecular flexibility index (Phi) is 5.93. The maximum Gasteiger partial charge on any atom is 0.411 e. The van der Waals surface area contributed by atoms with Crippen LogP contribution in [0.25, 0.3) is 0 Å². The molecule has 3 aromatic carbocycles. The molecule has 0 radical (unpaired) electrons. The fraction of sp³-hybridized carbons (Fsp3) is 0.174. The van der Waals surface area contributed by atoms with Crippen LogP contribution in [0.4, 0.5) is 4.79 Å². The van der Waals surface area contributed by atoms with Crippen molar-refractivity contribution in [2.24, 2.45) is 0 Å². The lowest BCUT2D eigenvalue weighted by Crippen LogP contribution is -2.32. The van der Waals surface area contributed by atoms with Crippen LogP contribution in [-0.2, 0) is 4.74 Å². The lowest BCUT2D eigenvalue weighted by Gasteiger charge is -2.26. The van der Waals surface area contributed by atoms with Crippen molar-refractivity contribution in [3.63, 3.8) is 0 Å². The molecule has 3 aromatic rings. The van der Waals surface area contributed by atoms with Gasteiger partial charge in [0.2, 0.25) is 0 Å². The van der Waals surface area contributed by atoms with Crippen LogP contribution in [0, 0.1) is 0 Å². The first-order valence-corrected chi connectivity index (χ1v) is 10.0. The van der Waals surface area contributed by atoms with E-state index >= 15 is 0 Å². The topological polar surface area (TPSA) is 38.8 Å². The normalized spacial score (nSPS) is 16.2. The van der Waals surface area contributed by atoms with Crippen molar-refractivity contribution in [1.29, 1.82) is 0 Å². The average molecular weight is 428 g/mol. The fourth-order valence-corrected chi connectivity index (χ4v) is 3.90. The molecule has 1 atom stereocenters. The van der Waals surface area contributed by atoms with E-state index in [-0.39, 0.29) is 18.7 Å². The summed E-state index contributed by atoms with van der Waals surface area (Å²) in [4.78, 5) is 14.4. The van der Waals surface area contributed by atoms with Crippen molar-refractivity contribution in [2.45, 2.75) is 12.1 Å². The molecule has 4 nitrogen and oxygen atoms in total. The van der Waals surface area contributed by atoms with Gasteiger partial charge in [-0.1, -0.05) is 83.9 Å². The Morgan fingerprint density at radius 2 is 1.59 bits per heavy atom. The van der Waals surface area contributed by atoms with E-state index in [0.29, 0.717) is 22.3 Å². The standard InChI is InChI=1S/C23H19Cl2NO3/c24-18-11-12-21(20(25)13-18)28-15-19-14-26(23(27)29-19)22(16-7-3-1-4-8-16)17-9-5-2-6-10-17/h1-13,19,22H,14-15H2. The van der Waals surface area contributed by atoms with Gasteiger partial charge in [0.05, 0.1) is 17.6 Å². The van der Waals surface area contributed by atoms with Gasteiger partial charge in [-0.05, 0) is 29.3 Å². The molecule has 1 heterocycles. The predicted molar refractivity (Wildman–Crippen MR) is 114 cm³/mol. The quantitative estimate of drug-likeness (QED) is 0.485. The third-order valence-electron chi connectivity index (χ3n) is 4.76. The zero-order chi connectivity index (χ0) is 20.2. The fourth-order valence-electron chi connectivity index (χ4n) is 3.44. The molecule has 148 valence electrons. The molecule has 0 aliphatic carbocycles. The van der Waals surface area contributed by atoms with E-state index in [0.717, 1.165) is 11.1 Å². The summed E-state index contributed by atoms with van der Waals surface area (Å²) in [5.74, 6) is 0.508. The Morgan fingerprint density at radius 1 is 0.966 bits per heavy atom. The molecule has 1 amide bonds. The molecule has 4 rings (SSSR count). The van der Waals surface area contributed by atoms with Crippen LogP contribution in [0.15, 0.2) is 78.9 Å². The molecule has 1 aliphatic rings. The van der Waals surface area contributed by atoms with Gasteiger partial charge < -0.3 is 9.47 Å². The minimum Gasteiger partial charge on any atom is -0.488 e. The van der Waals surface area contributed by atoms with Gasteiger partial charge in [0.15, 0.2) is 6.10 Å². The van der Waals surface area contributed by atoms with Crippen LogP contribution in [0.5, 0.6) is 5.75 Å². The Balaban J connectivity index is 1.52. The first-order valence-electron chi connectivity index (χ1n) is 9.27. The molecule has 1 aliphatic heterocycles. The zero-order valence-electron chi connectivity index (χ0n) is 15.5. The van der Waals surface area contributed by atoms with Gasteiger partial charge in [-0.3, -0.25) is 4.90 Å². The number of rotatable bonds is 6. The van der Waals surface area contributed by atoms with Gasteiger partial charge in [0.25, 0.3) is 0 Å². The van der Waals surface area contributed by atoms with Crippen molar-refractivity contribution in [2.75, 3.05) is 13.2 Å². The van der Waals surface area contributed by atoms with E-state index in [1.54, 1.807) is 23.1 Å². The summed E-state index contributed by atoms with van der Waals surface area (Å²) < 4.78 is 11.3. The van der Waals surface area contributed by atoms with Gasteiger partial charge >= 0.3 is 6.09 Å². The van der Waals surface area contributed by atoms with Crippen LogP contribution < -0.4 is 4.74 Å². The van der Waals surface area contributed by atoms with Crippen molar-refractivity contribution in [3.8, 4) is 5.75 Å². The van der Waals surface area contributed by atoms with Crippen molar-refractivity contribution in [1.82, 2.24) is 4.90 Å². The van der Waals surface area contributed by atoms with Gasteiger partial charge in [0.1, 0.15) is 12.4 Å². The van der Waals surface area contributed by atoms with Crippen LogP contribution in [0.2, 0.25) is 10.0 Å². The number of carbonyl (C=O) groups excluding carboxylic acids is 1. The summed E-state index contributed by atoms with van der Waals surface area (Å²) in [7, 11) is 0. The molecule has 6 heteroatoms. The molecule has 0 bridgehead atoms. The molecule has 1 unspecified atom stereocenters. The summed E-state index contributed by atoms with van der Waals surface area (Å²) in [6.45, 7) is 0.623. The largest absolute Gasteiger partial charge is 0.488 e. The average Bonchev–Trinajstić information content (AvgIpc) is 3.09. The lowest BCUT2D eigenvalue weighted by atomic mass is 9.97. The molecule has 0 saturated carbocycles. The summed E-state index contributed by atoms with van der Waals surface area (Å²) in [5.41, 5.74) is 2.05. The highest BCUT2D eigenvalue weighted by Gasteiger charge is 2.37. The minimum absolute atomic E-state index is 0.208. The van der Waals surface area contributed by atoms with Crippen LogP contribution in [0.3, 0.4) is 0 Å². The van der Waals surface area contributed by atoms with Gasteiger partial charge in [-0.15, -0.1) is 0 Å². The van der Waals surface area contributed by atoms with E-state index in [1.807, 2.05) is 60.7 Å². The molecule has 0 N–H and O–H groups in total. The predicted octanol–water partition coefficient (Wildman–Crippen LogP) is 5.98. The number of cyclic esters (lactones) is 1. The third kappa shape index (κ3) is 4.50. The summed E-state index contributed by atoms with van der Waals surface area (Å²) in [6, 6.07) is 24.7. The first-order chi connectivity index (χ1) is 14.1. The first kappa shape index (κ1) is 19.6. The van der Waals surface area contributed by atoms with Crippen molar-refractivity contribution >= 4 is 29.3 Å². The third-order valence-corrected chi connectivity index (χ3v) is 5.29. The van der Waals surface area contributed by atoms with Crippen LogP contribution in [-0.4, -0.2) is 30.2 Å². The van der Waals surface area contributed by atoms with Gasteiger partial charge in [-0.25, -0.2) is 4.79 Å². The van der Waals surface area contributed by atoms with Gasteiger partial charge in [-0.2, -0.15) is 0 Å². The highest BCUT2D eigenvalue weighted by Crippen LogP contribution is 2.33. The summed E-state index contributed by atoms with van der Waals surface area (Å²) >= 11 is 12.1. The molecular formula is C23H19Cl2NO3. The Bertz CT molecular complexity index is 942. The number of nitrogens with zero attached hydrogens (tertiary/aromatic N) is 1. The number of halogens is 2. The Morgan fingerprint density at radius 3 is 2.17 bits per heavy atom. The van der Waals surface area contributed by atoms with E-state index in [4.69, 9.17) is 32.7 Å². The molecule has 29 heavy (non-hydrogen) atoms. The van der Waals surface area contributed by atoms with E-state index in [1.165, 1.54) is 0 Å². The number of ether oxygens (including phenoxy) is 2. The highest BCUT2D eigenvalue weighted by molar-refractivity contribution is 6.35. The van der Waals surface area contributed by atoms with E-state index in [2.05, 4.69) is 0 Å². The van der Waals surface area contributed by atoms with Crippen molar-refractivity contribution < 1.29 is 14.3 Å². The van der Waals surface area contributed by atoms with Crippen molar-refractivity contribution in [3.05, 3.63) is 100 Å². The Labute approximate surface area is 179 Å². The molecule has 0 spiro atoms. The minimum atomic E-state index is -0.399. The number of carbonyl (C=O) groups is 1. The monoisotopic (exact) mass is 427 g/mol. The van der Waals surface area contributed by atoms with Crippen LogP contribution in [0.1, 0.15) is 17.2 Å². The maximum absolute atomic E-state index is 12.7. The highest BCUT2D eigenvalue weighted by atomic mass is 35.5. The Hall–Kier alpha value is -2.69. The molecular weight excluding hydrogens is 409 g/mol. The number of hydrogen-bond donors (Lipinski definition) is 0. The zero-order valence-corrected chi connectivity index (χ0v) is 17.0. The second-order valence-electron chi connectivity index (χ2n) is 6.77. The van der Waals surface area contributed by atoms with Crippen LogP contribution >= 0.6 is 23.2 Å². The van der Waals surface area contributed by atoms with E-state index in [9.17, 15) is 4.79 Å². The lowest BCUT2D eigenvalue weighted by molar-refractivity contribution is 0.102. The SMILES string of the molecule is O=C1OC(COc2ccc(Cl)cc2Cl)CN1C(c1ccccc1)c1ccccc1. The molecule has 1 fully saturated rings.